The number of aromatic nitrogens is 2. The topological polar surface area (TPSA) is 55.0 Å². The van der Waals surface area contributed by atoms with Crippen molar-refractivity contribution in [1.82, 2.24) is 14.9 Å². The van der Waals surface area contributed by atoms with Gasteiger partial charge in [0, 0.05) is 36.5 Å². The quantitative estimate of drug-likeness (QED) is 0.799. The number of nitrogens with zero attached hydrogens (tertiary/aromatic N) is 3. The predicted molar refractivity (Wildman–Crippen MR) is 61.6 cm³/mol. The number of rotatable bonds is 4. The van der Waals surface area contributed by atoms with Gasteiger partial charge in [-0.05, 0) is 27.9 Å². The van der Waals surface area contributed by atoms with Gasteiger partial charge in [-0.3, -0.25) is 0 Å². The SMILES string of the molecule is Cc1nc(CCN(C)C)ncc1[C@@H](C)N. The largest absolute Gasteiger partial charge is 0.324 e. The molecular weight excluding hydrogens is 188 g/mol. The minimum atomic E-state index is 0.00731. The summed E-state index contributed by atoms with van der Waals surface area (Å²) < 4.78 is 0. The summed E-state index contributed by atoms with van der Waals surface area (Å²) in [6, 6.07) is 0.00731. The molecular formula is C11H20N4. The van der Waals surface area contributed by atoms with Crippen molar-refractivity contribution in [3.8, 4) is 0 Å². The number of aryl methyl sites for hydroxylation is 1. The molecule has 0 fully saturated rings. The van der Waals surface area contributed by atoms with Crippen LogP contribution in [0.2, 0.25) is 0 Å². The second-order valence-electron chi connectivity index (χ2n) is 4.17. The Morgan fingerprint density at radius 3 is 2.60 bits per heavy atom. The first-order chi connectivity index (χ1) is 7.00. The van der Waals surface area contributed by atoms with Crippen LogP contribution in [0.15, 0.2) is 6.20 Å². The van der Waals surface area contributed by atoms with Crippen LogP contribution in [0.1, 0.15) is 30.0 Å². The normalized spacial score (nSPS) is 13.2. The maximum Gasteiger partial charge on any atom is 0.129 e. The summed E-state index contributed by atoms with van der Waals surface area (Å²) in [5.41, 5.74) is 7.82. The van der Waals surface area contributed by atoms with Crippen molar-refractivity contribution in [2.75, 3.05) is 20.6 Å². The van der Waals surface area contributed by atoms with Gasteiger partial charge in [0.1, 0.15) is 5.82 Å². The molecule has 0 amide bonds. The summed E-state index contributed by atoms with van der Waals surface area (Å²) in [4.78, 5) is 10.9. The van der Waals surface area contributed by atoms with E-state index in [2.05, 4.69) is 14.9 Å². The van der Waals surface area contributed by atoms with E-state index < -0.39 is 0 Å². The van der Waals surface area contributed by atoms with Gasteiger partial charge in [0.25, 0.3) is 0 Å². The monoisotopic (exact) mass is 208 g/mol. The van der Waals surface area contributed by atoms with E-state index in [1.165, 1.54) is 0 Å². The van der Waals surface area contributed by atoms with E-state index in [0.29, 0.717) is 0 Å². The van der Waals surface area contributed by atoms with E-state index in [-0.39, 0.29) is 6.04 Å². The van der Waals surface area contributed by atoms with Gasteiger partial charge in [-0.15, -0.1) is 0 Å². The van der Waals surface area contributed by atoms with E-state index in [1.807, 2.05) is 34.1 Å². The van der Waals surface area contributed by atoms with Crippen molar-refractivity contribution in [1.29, 1.82) is 0 Å². The highest BCUT2D eigenvalue weighted by atomic mass is 15.1. The standard InChI is InChI=1S/C11H20N4/c1-8(12)10-7-13-11(14-9(10)2)5-6-15(3)4/h7-8H,5-6,12H2,1-4H3/t8-/m1/s1. The molecule has 0 aromatic carbocycles. The van der Waals surface area contributed by atoms with E-state index in [1.54, 1.807) is 0 Å². The van der Waals surface area contributed by atoms with Crippen LogP contribution in [0, 0.1) is 6.92 Å². The Hall–Kier alpha value is -1.00. The molecule has 0 bridgehead atoms. The second-order valence-corrected chi connectivity index (χ2v) is 4.17. The van der Waals surface area contributed by atoms with E-state index in [9.17, 15) is 0 Å². The average molecular weight is 208 g/mol. The summed E-state index contributed by atoms with van der Waals surface area (Å²) in [7, 11) is 4.09. The third kappa shape index (κ3) is 3.57. The van der Waals surface area contributed by atoms with Crippen LogP contribution in [0.4, 0.5) is 0 Å². The Bertz CT molecular complexity index is 320. The zero-order valence-corrected chi connectivity index (χ0v) is 9.99. The molecule has 15 heavy (non-hydrogen) atoms. The summed E-state index contributed by atoms with van der Waals surface area (Å²) in [5.74, 6) is 0.894. The molecule has 0 aliphatic carbocycles. The fourth-order valence-corrected chi connectivity index (χ4v) is 1.42. The minimum absolute atomic E-state index is 0.00731. The average Bonchev–Trinajstić information content (AvgIpc) is 2.14. The minimum Gasteiger partial charge on any atom is -0.324 e. The third-order valence-corrected chi connectivity index (χ3v) is 2.34. The Kier molecular flexibility index (Phi) is 4.17. The lowest BCUT2D eigenvalue weighted by Crippen LogP contribution is -2.17. The van der Waals surface area contributed by atoms with Gasteiger partial charge < -0.3 is 10.6 Å². The van der Waals surface area contributed by atoms with Crippen molar-refractivity contribution < 1.29 is 0 Å². The number of nitrogens with two attached hydrogens (primary N) is 1. The molecule has 0 aliphatic heterocycles. The zero-order chi connectivity index (χ0) is 11.4. The predicted octanol–water partition coefficient (Wildman–Crippen LogP) is 0.909. The van der Waals surface area contributed by atoms with Gasteiger partial charge >= 0.3 is 0 Å². The molecule has 0 saturated heterocycles. The van der Waals surface area contributed by atoms with Gasteiger partial charge in [0.2, 0.25) is 0 Å². The van der Waals surface area contributed by atoms with Gasteiger partial charge in [-0.1, -0.05) is 0 Å². The van der Waals surface area contributed by atoms with Crippen LogP contribution in [-0.2, 0) is 6.42 Å². The number of hydrogen-bond donors (Lipinski definition) is 1. The van der Waals surface area contributed by atoms with Gasteiger partial charge in [0.15, 0.2) is 0 Å². The first kappa shape index (κ1) is 12.1. The Labute approximate surface area is 91.5 Å². The molecule has 0 aliphatic rings. The highest BCUT2D eigenvalue weighted by Crippen LogP contribution is 2.11. The fourth-order valence-electron chi connectivity index (χ4n) is 1.42. The van der Waals surface area contributed by atoms with E-state index in [0.717, 1.165) is 30.0 Å². The van der Waals surface area contributed by atoms with Crippen LogP contribution >= 0.6 is 0 Å². The number of hydrogen-bond acceptors (Lipinski definition) is 4. The molecule has 0 spiro atoms. The lowest BCUT2D eigenvalue weighted by Gasteiger charge is -2.11. The molecule has 1 heterocycles. The van der Waals surface area contributed by atoms with Crippen molar-refractivity contribution >= 4 is 0 Å². The summed E-state index contributed by atoms with van der Waals surface area (Å²) in [6.45, 7) is 4.90. The molecule has 84 valence electrons. The van der Waals surface area contributed by atoms with E-state index in [4.69, 9.17) is 5.73 Å². The molecule has 0 unspecified atom stereocenters. The number of likely N-dealkylation sites (N-methyl/N-ethyl adjacent to an activating group) is 1. The van der Waals surface area contributed by atoms with E-state index >= 15 is 0 Å². The zero-order valence-electron chi connectivity index (χ0n) is 9.99. The second kappa shape index (κ2) is 5.19. The Morgan fingerprint density at radius 1 is 1.47 bits per heavy atom. The van der Waals surface area contributed by atoms with Crippen molar-refractivity contribution in [3.05, 3.63) is 23.3 Å². The van der Waals surface area contributed by atoms with Crippen molar-refractivity contribution in [3.63, 3.8) is 0 Å². The van der Waals surface area contributed by atoms with Crippen LogP contribution in [0.3, 0.4) is 0 Å². The molecule has 1 aromatic rings. The molecule has 1 aromatic heterocycles. The van der Waals surface area contributed by atoms with Crippen LogP contribution in [0.5, 0.6) is 0 Å². The smallest absolute Gasteiger partial charge is 0.129 e. The first-order valence-electron chi connectivity index (χ1n) is 5.23. The lowest BCUT2D eigenvalue weighted by atomic mass is 10.1. The molecule has 1 atom stereocenters. The summed E-state index contributed by atoms with van der Waals surface area (Å²) >= 11 is 0. The van der Waals surface area contributed by atoms with Gasteiger partial charge in [0.05, 0.1) is 0 Å². The fraction of sp³-hybridized carbons (Fsp3) is 0.636. The summed E-state index contributed by atoms with van der Waals surface area (Å²) in [6.07, 6.45) is 2.73. The summed E-state index contributed by atoms with van der Waals surface area (Å²) in [5, 5.41) is 0. The highest BCUT2D eigenvalue weighted by Gasteiger charge is 2.06. The first-order valence-corrected chi connectivity index (χ1v) is 5.23. The molecule has 1 rings (SSSR count). The van der Waals surface area contributed by atoms with Crippen LogP contribution in [0.25, 0.3) is 0 Å². The third-order valence-electron chi connectivity index (χ3n) is 2.34. The maximum atomic E-state index is 5.80. The van der Waals surface area contributed by atoms with Crippen molar-refractivity contribution in [2.24, 2.45) is 5.73 Å². The van der Waals surface area contributed by atoms with Crippen LogP contribution < -0.4 is 5.73 Å². The molecule has 4 nitrogen and oxygen atoms in total. The molecule has 4 heteroatoms. The Morgan fingerprint density at radius 2 is 2.13 bits per heavy atom. The van der Waals surface area contributed by atoms with Gasteiger partial charge in [-0.25, -0.2) is 9.97 Å². The highest BCUT2D eigenvalue weighted by molar-refractivity contribution is 5.19. The lowest BCUT2D eigenvalue weighted by molar-refractivity contribution is 0.409. The van der Waals surface area contributed by atoms with Crippen molar-refractivity contribution in [2.45, 2.75) is 26.3 Å². The molecule has 2 N–H and O–H groups in total. The molecule has 0 saturated carbocycles. The maximum absolute atomic E-state index is 5.80. The molecule has 0 radical (unpaired) electrons. The van der Waals surface area contributed by atoms with Crippen LogP contribution in [-0.4, -0.2) is 35.5 Å². The van der Waals surface area contributed by atoms with Gasteiger partial charge in [-0.2, -0.15) is 0 Å². The Balaban J connectivity index is 2.73.